The summed E-state index contributed by atoms with van der Waals surface area (Å²) in [5.41, 5.74) is 0.766. The highest BCUT2D eigenvalue weighted by atomic mass is 19.2. The predicted molar refractivity (Wildman–Crippen MR) is 74.9 cm³/mol. The first-order valence-electron chi connectivity index (χ1n) is 6.85. The summed E-state index contributed by atoms with van der Waals surface area (Å²) in [5.74, 6) is -9.09. The van der Waals surface area contributed by atoms with E-state index in [1.54, 1.807) is 0 Å². The SMILES string of the molecule is O=C(COc1c(F)c(F)cc(F)c1F)NCCc1ccc(F)cc1. The Bertz CT molecular complexity index is 708. The van der Waals surface area contributed by atoms with Crippen molar-refractivity contribution in [2.75, 3.05) is 13.2 Å². The van der Waals surface area contributed by atoms with Crippen molar-refractivity contribution in [1.29, 1.82) is 0 Å². The van der Waals surface area contributed by atoms with E-state index < -0.39 is 41.5 Å². The number of halogens is 5. The Hall–Kier alpha value is -2.64. The van der Waals surface area contributed by atoms with Crippen LogP contribution in [0.5, 0.6) is 5.75 Å². The van der Waals surface area contributed by atoms with Crippen LogP contribution in [-0.4, -0.2) is 19.1 Å². The molecular formula is C16H12F5NO2. The van der Waals surface area contributed by atoms with Crippen LogP contribution in [0.25, 0.3) is 0 Å². The Labute approximate surface area is 134 Å². The molecule has 24 heavy (non-hydrogen) atoms. The van der Waals surface area contributed by atoms with E-state index in [4.69, 9.17) is 0 Å². The van der Waals surface area contributed by atoms with Crippen molar-refractivity contribution < 1.29 is 31.5 Å². The van der Waals surface area contributed by atoms with Gasteiger partial charge in [0.05, 0.1) is 0 Å². The molecule has 1 N–H and O–H groups in total. The zero-order valence-electron chi connectivity index (χ0n) is 12.2. The number of amides is 1. The van der Waals surface area contributed by atoms with Crippen molar-refractivity contribution in [2.24, 2.45) is 0 Å². The zero-order chi connectivity index (χ0) is 17.7. The Kier molecular flexibility index (Phi) is 5.73. The minimum atomic E-state index is -1.71. The summed E-state index contributed by atoms with van der Waals surface area (Å²) in [5, 5.41) is 2.39. The lowest BCUT2D eigenvalue weighted by molar-refractivity contribution is -0.123. The van der Waals surface area contributed by atoms with Gasteiger partial charge in [-0.15, -0.1) is 0 Å². The van der Waals surface area contributed by atoms with Gasteiger partial charge in [-0.25, -0.2) is 13.2 Å². The van der Waals surface area contributed by atoms with Crippen LogP contribution in [0.3, 0.4) is 0 Å². The lowest BCUT2D eigenvalue weighted by atomic mass is 10.1. The molecule has 0 atom stereocenters. The van der Waals surface area contributed by atoms with Crippen LogP contribution in [0.2, 0.25) is 0 Å². The van der Waals surface area contributed by atoms with E-state index in [1.807, 2.05) is 0 Å². The number of nitrogens with one attached hydrogen (secondary N) is 1. The van der Waals surface area contributed by atoms with E-state index >= 15 is 0 Å². The van der Waals surface area contributed by atoms with Gasteiger partial charge in [0.1, 0.15) is 5.82 Å². The lowest BCUT2D eigenvalue weighted by Gasteiger charge is -2.10. The van der Waals surface area contributed by atoms with Gasteiger partial charge in [0.2, 0.25) is 11.6 Å². The predicted octanol–water partition coefficient (Wildman–Crippen LogP) is 3.12. The minimum absolute atomic E-state index is 0.0420. The minimum Gasteiger partial charge on any atom is -0.477 e. The summed E-state index contributed by atoms with van der Waals surface area (Å²) in [6, 6.07) is 5.66. The van der Waals surface area contributed by atoms with Gasteiger partial charge in [0.15, 0.2) is 24.0 Å². The van der Waals surface area contributed by atoms with Crippen molar-refractivity contribution >= 4 is 5.91 Å². The van der Waals surface area contributed by atoms with E-state index in [0.29, 0.717) is 6.42 Å². The molecule has 0 aliphatic carbocycles. The monoisotopic (exact) mass is 345 g/mol. The summed E-state index contributed by atoms with van der Waals surface area (Å²) in [4.78, 5) is 11.5. The first kappa shape index (κ1) is 17.7. The third-order valence-corrected chi connectivity index (χ3v) is 3.07. The van der Waals surface area contributed by atoms with Gasteiger partial charge in [0.25, 0.3) is 5.91 Å². The van der Waals surface area contributed by atoms with Gasteiger partial charge in [0, 0.05) is 12.6 Å². The molecule has 2 aromatic rings. The number of benzene rings is 2. The molecule has 1 amide bonds. The maximum atomic E-state index is 13.3. The first-order valence-corrected chi connectivity index (χ1v) is 6.85. The topological polar surface area (TPSA) is 38.3 Å². The van der Waals surface area contributed by atoms with E-state index in [-0.39, 0.29) is 18.4 Å². The quantitative estimate of drug-likeness (QED) is 0.645. The van der Waals surface area contributed by atoms with Gasteiger partial charge in [-0.1, -0.05) is 12.1 Å². The third kappa shape index (κ3) is 4.43. The van der Waals surface area contributed by atoms with Crippen LogP contribution in [-0.2, 0) is 11.2 Å². The summed E-state index contributed by atoms with van der Waals surface area (Å²) >= 11 is 0. The second-order valence-corrected chi connectivity index (χ2v) is 4.81. The normalized spacial score (nSPS) is 10.5. The fourth-order valence-electron chi connectivity index (χ4n) is 1.86. The highest BCUT2D eigenvalue weighted by Crippen LogP contribution is 2.26. The molecule has 0 aliphatic rings. The molecule has 8 heteroatoms. The number of rotatable bonds is 6. The first-order chi connectivity index (χ1) is 11.4. The Balaban J connectivity index is 1.84. The van der Waals surface area contributed by atoms with Gasteiger partial charge in [-0.3, -0.25) is 4.79 Å². The molecule has 128 valence electrons. The van der Waals surface area contributed by atoms with Crippen LogP contribution in [0.15, 0.2) is 30.3 Å². The van der Waals surface area contributed by atoms with Crippen LogP contribution >= 0.6 is 0 Å². The average molecular weight is 345 g/mol. The zero-order valence-corrected chi connectivity index (χ0v) is 12.2. The average Bonchev–Trinajstić information content (AvgIpc) is 2.55. The van der Waals surface area contributed by atoms with Gasteiger partial charge in [-0.05, 0) is 24.1 Å². The van der Waals surface area contributed by atoms with Crippen molar-refractivity contribution in [3.05, 3.63) is 65.0 Å². The van der Waals surface area contributed by atoms with Crippen LogP contribution in [0.4, 0.5) is 22.0 Å². The van der Waals surface area contributed by atoms with Crippen LogP contribution in [0.1, 0.15) is 5.56 Å². The summed E-state index contributed by atoms with van der Waals surface area (Å²) in [7, 11) is 0. The smallest absolute Gasteiger partial charge is 0.257 e. The van der Waals surface area contributed by atoms with Gasteiger partial charge in [-0.2, -0.15) is 8.78 Å². The van der Waals surface area contributed by atoms with E-state index in [1.165, 1.54) is 24.3 Å². The molecule has 2 rings (SSSR count). The maximum absolute atomic E-state index is 13.3. The number of hydrogen-bond acceptors (Lipinski definition) is 2. The molecule has 3 nitrogen and oxygen atoms in total. The summed E-state index contributed by atoms with van der Waals surface area (Å²) in [6.07, 6.45) is 0.392. The third-order valence-electron chi connectivity index (χ3n) is 3.07. The molecule has 0 radical (unpaired) electrons. The summed E-state index contributed by atoms with van der Waals surface area (Å²) < 4.78 is 69.8. The highest BCUT2D eigenvalue weighted by molar-refractivity contribution is 5.77. The second kappa shape index (κ2) is 7.76. The molecule has 0 saturated carbocycles. The number of hydrogen-bond donors (Lipinski definition) is 1. The van der Waals surface area contributed by atoms with Crippen molar-refractivity contribution in [2.45, 2.75) is 6.42 Å². The fraction of sp³-hybridized carbons (Fsp3) is 0.188. The van der Waals surface area contributed by atoms with E-state index in [2.05, 4.69) is 10.1 Å². The number of carbonyl (C=O) groups excluding carboxylic acids is 1. The van der Waals surface area contributed by atoms with Crippen molar-refractivity contribution in [3.8, 4) is 5.75 Å². The number of ether oxygens (including phenoxy) is 1. The number of carbonyl (C=O) groups is 1. The Morgan fingerprint density at radius 1 is 0.958 bits per heavy atom. The molecule has 2 aromatic carbocycles. The standard InChI is InChI=1S/C16H12F5NO2/c17-10-3-1-9(2-4-10)5-6-22-13(23)8-24-16-14(20)11(18)7-12(19)15(16)21/h1-4,7H,5-6,8H2,(H,22,23). The molecule has 0 saturated heterocycles. The lowest BCUT2D eigenvalue weighted by Crippen LogP contribution is -2.31. The molecule has 0 fully saturated rings. The molecule has 0 aromatic heterocycles. The molecule has 0 bridgehead atoms. The van der Waals surface area contributed by atoms with Gasteiger partial charge >= 0.3 is 0 Å². The fourth-order valence-corrected chi connectivity index (χ4v) is 1.86. The van der Waals surface area contributed by atoms with Gasteiger partial charge < -0.3 is 10.1 Å². The van der Waals surface area contributed by atoms with E-state index in [0.717, 1.165) is 5.56 Å². The highest BCUT2D eigenvalue weighted by Gasteiger charge is 2.21. The molecular weight excluding hydrogens is 333 g/mol. The van der Waals surface area contributed by atoms with Crippen molar-refractivity contribution in [3.63, 3.8) is 0 Å². The van der Waals surface area contributed by atoms with E-state index in [9.17, 15) is 26.7 Å². The molecule has 0 heterocycles. The van der Waals surface area contributed by atoms with Crippen LogP contribution < -0.4 is 10.1 Å². The van der Waals surface area contributed by atoms with Crippen molar-refractivity contribution in [1.82, 2.24) is 5.32 Å². The molecule has 0 aliphatic heterocycles. The molecule has 0 unspecified atom stereocenters. The largest absolute Gasteiger partial charge is 0.477 e. The second-order valence-electron chi connectivity index (χ2n) is 4.81. The van der Waals surface area contributed by atoms with Crippen LogP contribution in [0, 0.1) is 29.1 Å². The molecule has 0 spiro atoms. The Morgan fingerprint density at radius 3 is 2.12 bits per heavy atom. The maximum Gasteiger partial charge on any atom is 0.257 e. The summed E-state index contributed by atoms with van der Waals surface area (Å²) in [6.45, 7) is -0.656. The Morgan fingerprint density at radius 2 is 1.54 bits per heavy atom.